The maximum absolute atomic E-state index is 13.1. The van der Waals surface area contributed by atoms with Crippen LogP contribution in [0.25, 0.3) is 0 Å². The number of carbonyl (C=O) groups is 1. The fourth-order valence-electron chi connectivity index (χ4n) is 4.16. The Hall–Kier alpha value is -3.66. The molecule has 3 heterocycles. The summed E-state index contributed by atoms with van der Waals surface area (Å²) in [5.41, 5.74) is 1.79. The van der Waals surface area contributed by atoms with Gasteiger partial charge in [0.05, 0.1) is 6.04 Å². The molecule has 2 aliphatic rings. The molecule has 2 aromatic carbocycles. The lowest BCUT2D eigenvalue weighted by Crippen LogP contribution is -2.48. The first kappa shape index (κ1) is 22.1. The highest BCUT2D eigenvalue weighted by molar-refractivity contribution is 5.94. The Labute approximate surface area is 198 Å². The second-order valence-electron chi connectivity index (χ2n) is 8.71. The number of nitrogens with zero attached hydrogens (tertiary/aromatic N) is 6. The average Bonchev–Trinajstić information content (AvgIpc) is 3.52. The Morgan fingerprint density at radius 2 is 1.88 bits per heavy atom. The molecular formula is C24H28N6O4. The minimum Gasteiger partial charge on any atom is -0.486 e. The molecule has 0 saturated carbocycles. The van der Waals surface area contributed by atoms with Gasteiger partial charge in [-0.25, -0.2) is 4.68 Å². The van der Waals surface area contributed by atoms with Crippen molar-refractivity contribution in [2.45, 2.75) is 33.0 Å². The van der Waals surface area contributed by atoms with Crippen LogP contribution in [0.4, 0.5) is 0 Å². The number of hydrogen-bond acceptors (Lipinski definition) is 8. The van der Waals surface area contributed by atoms with Crippen molar-refractivity contribution in [1.29, 1.82) is 0 Å². The van der Waals surface area contributed by atoms with E-state index >= 15 is 0 Å². The van der Waals surface area contributed by atoms with Crippen molar-refractivity contribution in [2.75, 3.05) is 33.0 Å². The van der Waals surface area contributed by atoms with Crippen LogP contribution in [-0.2, 0) is 13.2 Å². The minimum atomic E-state index is 0.0141. The summed E-state index contributed by atoms with van der Waals surface area (Å²) in [6.45, 7) is 8.33. The summed E-state index contributed by atoms with van der Waals surface area (Å²) < 4.78 is 18.5. The summed E-state index contributed by atoms with van der Waals surface area (Å²) in [4.78, 5) is 17.4. The van der Waals surface area contributed by atoms with E-state index in [1.54, 1.807) is 10.7 Å². The van der Waals surface area contributed by atoms with Crippen LogP contribution in [0, 0.1) is 0 Å². The van der Waals surface area contributed by atoms with Crippen LogP contribution in [0.2, 0.25) is 0 Å². The maximum Gasteiger partial charge on any atom is 0.254 e. The zero-order chi connectivity index (χ0) is 23.5. The molecular weight excluding hydrogens is 436 g/mol. The molecule has 0 N–H and O–H groups in total. The standard InChI is InChI=1S/C24H28N6O4/c1-17(2)30-23(25-26-27-30)15-32-20-5-3-4-19(13-20)24(31)29-10-8-28(9-11-29)14-18-6-7-21-22(12-18)34-16-33-21/h3-7,12-13,17H,8-11,14-16H2,1-2H3. The molecule has 0 bridgehead atoms. The Bertz CT molecular complexity index is 1160. The average molecular weight is 465 g/mol. The summed E-state index contributed by atoms with van der Waals surface area (Å²) in [7, 11) is 0. The fraction of sp³-hybridized carbons (Fsp3) is 0.417. The first-order valence-electron chi connectivity index (χ1n) is 11.5. The summed E-state index contributed by atoms with van der Waals surface area (Å²) in [5.74, 6) is 2.87. The lowest BCUT2D eigenvalue weighted by Gasteiger charge is -2.34. The quantitative estimate of drug-likeness (QED) is 0.527. The summed E-state index contributed by atoms with van der Waals surface area (Å²) in [6.07, 6.45) is 0. The number of carbonyl (C=O) groups excluding carboxylic acids is 1. The number of fused-ring (bicyclic) bond motifs is 1. The van der Waals surface area contributed by atoms with E-state index in [2.05, 4.69) is 26.5 Å². The zero-order valence-corrected chi connectivity index (χ0v) is 19.4. The van der Waals surface area contributed by atoms with Crippen molar-refractivity contribution in [3.63, 3.8) is 0 Å². The van der Waals surface area contributed by atoms with Gasteiger partial charge in [-0.3, -0.25) is 9.69 Å². The van der Waals surface area contributed by atoms with E-state index in [1.807, 2.05) is 49.1 Å². The predicted octanol–water partition coefficient (Wildman–Crippen LogP) is 2.52. The Morgan fingerprint density at radius 1 is 1.06 bits per heavy atom. The normalized spacial score (nSPS) is 15.7. The van der Waals surface area contributed by atoms with E-state index in [1.165, 1.54) is 5.56 Å². The van der Waals surface area contributed by atoms with Gasteiger partial charge in [-0.2, -0.15) is 0 Å². The lowest BCUT2D eigenvalue weighted by atomic mass is 10.1. The van der Waals surface area contributed by atoms with Gasteiger partial charge < -0.3 is 19.1 Å². The highest BCUT2D eigenvalue weighted by atomic mass is 16.7. The molecule has 0 atom stereocenters. The molecule has 34 heavy (non-hydrogen) atoms. The van der Waals surface area contributed by atoms with Gasteiger partial charge >= 0.3 is 0 Å². The third kappa shape index (κ3) is 4.81. The smallest absolute Gasteiger partial charge is 0.254 e. The van der Waals surface area contributed by atoms with Crippen LogP contribution in [0.15, 0.2) is 42.5 Å². The molecule has 1 saturated heterocycles. The summed E-state index contributed by atoms with van der Waals surface area (Å²) in [5, 5.41) is 11.7. The van der Waals surface area contributed by atoms with E-state index in [0.29, 0.717) is 30.2 Å². The SMILES string of the molecule is CC(C)n1nnnc1COc1cccc(C(=O)N2CCN(Cc3ccc4c(c3)OCO4)CC2)c1. The second-order valence-corrected chi connectivity index (χ2v) is 8.71. The van der Waals surface area contributed by atoms with Gasteiger partial charge in [0.25, 0.3) is 5.91 Å². The topological polar surface area (TPSA) is 94.8 Å². The van der Waals surface area contributed by atoms with E-state index in [9.17, 15) is 4.79 Å². The monoisotopic (exact) mass is 464 g/mol. The summed E-state index contributed by atoms with van der Waals surface area (Å²) in [6, 6.07) is 13.5. The fourth-order valence-corrected chi connectivity index (χ4v) is 4.16. The Morgan fingerprint density at radius 3 is 2.71 bits per heavy atom. The lowest BCUT2D eigenvalue weighted by molar-refractivity contribution is 0.0628. The van der Waals surface area contributed by atoms with E-state index in [0.717, 1.165) is 31.1 Å². The van der Waals surface area contributed by atoms with Gasteiger partial charge in [0.2, 0.25) is 6.79 Å². The van der Waals surface area contributed by atoms with Crippen LogP contribution < -0.4 is 14.2 Å². The molecule has 0 spiro atoms. The number of piperazine rings is 1. The molecule has 1 aromatic heterocycles. The van der Waals surface area contributed by atoms with Crippen LogP contribution in [0.5, 0.6) is 17.2 Å². The molecule has 0 aliphatic carbocycles. The minimum absolute atomic E-state index is 0.0141. The second kappa shape index (κ2) is 9.68. The van der Waals surface area contributed by atoms with Crippen molar-refractivity contribution in [3.05, 3.63) is 59.4 Å². The van der Waals surface area contributed by atoms with E-state index in [-0.39, 0.29) is 25.3 Å². The highest BCUT2D eigenvalue weighted by Gasteiger charge is 2.23. The number of tetrazole rings is 1. The first-order chi connectivity index (χ1) is 16.6. The molecule has 178 valence electrons. The first-order valence-corrected chi connectivity index (χ1v) is 11.5. The third-order valence-electron chi connectivity index (χ3n) is 6.00. The molecule has 3 aromatic rings. The van der Waals surface area contributed by atoms with E-state index in [4.69, 9.17) is 14.2 Å². The molecule has 0 unspecified atom stereocenters. The number of hydrogen-bond donors (Lipinski definition) is 0. The molecule has 0 radical (unpaired) electrons. The highest BCUT2D eigenvalue weighted by Crippen LogP contribution is 2.33. The number of aromatic nitrogens is 4. The van der Waals surface area contributed by atoms with Gasteiger partial charge in [0.1, 0.15) is 12.4 Å². The molecule has 1 amide bonds. The van der Waals surface area contributed by atoms with Crippen molar-refractivity contribution in [2.24, 2.45) is 0 Å². The molecule has 10 heteroatoms. The Balaban J connectivity index is 1.15. The predicted molar refractivity (Wildman–Crippen MR) is 123 cm³/mol. The Kier molecular flexibility index (Phi) is 6.31. The van der Waals surface area contributed by atoms with E-state index < -0.39 is 0 Å². The largest absolute Gasteiger partial charge is 0.486 e. The van der Waals surface area contributed by atoms with Crippen LogP contribution in [0.1, 0.15) is 41.6 Å². The molecule has 5 rings (SSSR count). The van der Waals surface area contributed by atoms with Crippen LogP contribution >= 0.6 is 0 Å². The van der Waals surface area contributed by atoms with Gasteiger partial charge in [-0.1, -0.05) is 12.1 Å². The molecule has 10 nitrogen and oxygen atoms in total. The summed E-state index contributed by atoms with van der Waals surface area (Å²) >= 11 is 0. The van der Waals surface area contributed by atoms with Gasteiger partial charge in [0.15, 0.2) is 17.3 Å². The van der Waals surface area contributed by atoms with Gasteiger partial charge in [0, 0.05) is 38.3 Å². The van der Waals surface area contributed by atoms with Crippen molar-refractivity contribution >= 4 is 5.91 Å². The number of ether oxygens (including phenoxy) is 3. The number of amides is 1. The maximum atomic E-state index is 13.1. The van der Waals surface area contributed by atoms with Crippen LogP contribution in [0.3, 0.4) is 0 Å². The van der Waals surface area contributed by atoms with Gasteiger partial charge in [-0.15, -0.1) is 5.10 Å². The third-order valence-corrected chi connectivity index (χ3v) is 6.00. The number of benzene rings is 2. The van der Waals surface area contributed by atoms with Gasteiger partial charge in [-0.05, 0) is 60.2 Å². The number of rotatable bonds is 7. The van der Waals surface area contributed by atoms with Crippen molar-refractivity contribution < 1.29 is 19.0 Å². The van der Waals surface area contributed by atoms with Crippen molar-refractivity contribution in [1.82, 2.24) is 30.0 Å². The molecule has 1 fully saturated rings. The van der Waals surface area contributed by atoms with Crippen LogP contribution in [-0.4, -0.2) is 68.9 Å². The molecule has 2 aliphatic heterocycles. The zero-order valence-electron chi connectivity index (χ0n) is 19.4. The van der Waals surface area contributed by atoms with Crippen molar-refractivity contribution in [3.8, 4) is 17.2 Å².